The number of ether oxygens (including phenoxy) is 1. The van der Waals surface area contributed by atoms with Crippen LogP contribution in [0.25, 0.3) is 10.9 Å². The van der Waals surface area contributed by atoms with Crippen molar-refractivity contribution in [3.05, 3.63) is 76.3 Å². The van der Waals surface area contributed by atoms with E-state index in [0.29, 0.717) is 16.8 Å². The van der Waals surface area contributed by atoms with Crippen LogP contribution in [0.5, 0.6) is 5.75 Å². The Bertz CT molecular complexity index is 1190. The average Bonchev–Trinajstić information content (AvgIpc) is 2.70. The fourth-order valence-corrected chi connectivity index (χ4v) is 4.38. The Morgan fingerprint density at radius 3 is 2.65 bits per heavy atom. The Hall–Kier alpha value is -2.87. The van der Waals surface area contributed by atoms with Crippen LogP contribution in [0.3, 0.4) is 0 Å². The molecule has 1 aliphatic rings. The molecule has 0 aliphatic carbocycles. The number of benzene rings is 2. The normalized spacial score (nSPS) is 20.7. The molecule has 0 fully saturated rings. The molecule has 3 aromatic rings. The number of nitrogens with zero attached hydrogens (tertiary/aromatic N) is 1. The second-order valence-electron chi connectivity index (χ2n) is 8.33. The third kappa shape index (κ3) is 3.80. The van der Waals surface area contributed by atoms with Crippen LogP contribution in [0.15, 0.2) is 59.5 Å². The Balaban J connectivity index is 1.79. The Morgan fingerprint density at radius 1 is 1.16 bits per heavy atom. The Kier molecular flexibility index (Phi) is 5.08. The molecule has 4 rings (SSSR count). The van der Waals surface area contributed by atoms with Crippen LogP contribution in [0.2, 0.25) is 0 Å². The number of hydrogen-bond acceptors (Lipinski definition) is 3. The molecule has 8 heteroatoms. The van der Waals surface area contributed by atoms with Crippen molar-refractivity contribution in [1.29, 1.82) is 0 Å². The summed E-state index contributed by atoms with van der Waals surface area (Å²) in [5.74, 6) is -0.272. The van der Waals surface area contributed by atoms with Gasteiger partial charge in [0.2, 0.25) is 0 Å². The molecule has 0 spiro atoms. The first-order valence-corrected chi connectivity index (χ1v) is 9.83. The van der Waals surface area contributed by atoms with Gasteiger partial charge in [0, 0.05) is 28.6 Å². The van der Waals surface area contributed by atoms with E-state index in [1.807, 2.05) is 0 Å². The van der Waals surface area contributed by atoms with Crippen molar-refractivity contribution >= 4 is 10.9 Å². The Labute approximate surface area is 175 Å². The standard InChI is InChI=1S/C23H21F4NO3/c1-21(9-11-31-20-7-6-15(24)12-17(20)21)13-22(30,23(25,26)27)14-28-10-8-19(29)16-4-2-3-5-18(16)28/h2-8,10,12,30H,9,11,13-14H2,1H3. The van der Waals surface area contributed by atoms with Gasteiger partial charge < -0.3 is 14.4 Å². The van der Waals surface area contributed by atoms with E-state index in [1.165, 1.54) is 47.2 Å². The highest BCUT2D eigenvalue weighted by Crippen LogP contribution is 2.48. The molecule has 1 aliphatic heterocycles. The fraction of sp³-hybridized carbons (Fsp3) is 0.348. The van der Waals surface area contributed by atoms with Crippen LogP contribution in [0.4, 0.5) is 17.6 Å². The van der Waals surface area contributed by atoms with Gasteiger partial charge in [0.25, 0.3) is 0 Å². The highest BCUT2D eigenvalue weighted by atomic mass is 19.4. The first kappa shape index (κ1) is 21.4. The number of alkyl halides is 3. The molecule has 2 atom stereocenters. The SMILES string of the molecule is CC1(CC(O)(Cn2ccc(=O)c3ccccc32)C(F)(F)F)CCOc2ccc(F)cc21. The third-order valence-electron chi connectivity index (χ3n) is 6.03. The second kappa shape index (κ2) is 7.37. The summed E-state index contributed by atoms with van der Waals surface area (Å²) in [6, 6.07) is 11.2. The van der Waals surface area contributed by atoms with Crippen molar-refractivity contribution in [1.82, 2.24) is 4.57 Å². The lowest BCUT2D eigenvalue weighted by Gasteiger charge is -2.42. The fourth-order valence-electron chi connectivity index (χ4n) is 4.38. The number of para-hydroxylation sites is 1. The molecule has 2 heterocycles. The zero-order valence-corrected chi connectivity index (χ0v) is 16.7. The van der Waals surface area contributed by atoms with Crippen LogP contribution in [-0.4, -0.2) is 28.1 Å². The van der Waals surface area contributed by atoms with Gasteiger partial charge in [0.15, 0.2) is 11.0 Å². The molecule has 0 radical (unpaired) electrons. The first-order valence-electron chi connectivity index (χ1n) is 9.83. The molecule has 0 saturated heterocycles. The monoisotopic (exact) mass is 435 g/mol. The topological polar surface area (TPSA) is 51.5 Å². The number of rotatable bonds is 4. The predicted octanol–water partition coefficient (Wildman–Crippen LogP) is 4.56. The van der Waals surface area contributed by atoms with Gasteiger partial charge in [-0.3, -0.25) is 4.79 Å². The van der Waals surface area contributed by atoms with Crippen molar-refractivity contribution in [2.75, 3.05) is 6.61 Å². The molecule has 0 saturated carbocycles. The minimum atomic E-state index is -4.97. The number of fused-ring (bicyclic) bond motifs is 2. The van der Waals surface area contributed by atoms with Crippen molar-refractivity contribution in [2.24, 2.45) is 0 Å². The average molecular weight is 435 g/mol. The van der Waals surface area contributed by atoms with E-state index in [2.05, 4.69) is 0 Å². The summed E-state index contributed by atoms with van der Waals surface area (Å²) >= 11 is 0. The third-order valence-corrected chi connectivity index (χ3v) is 6.03. The molecule has 2 aromatic carbocycles. The van der Waals surface area contributed by atoms with Gasteiger partial charge in [0.1, 0.15) is 11.6 Å². The number of halogens is 4. The number of hydrogen-bond donors (Lipinski definition) is 1. The lowest BCUT2D eigenvalue weighted by Crippen LogP contribution is -2.53. The second-order valence-corrected chi connectivity index (χ2v) is 8.33. The number of aromatic nitrogens is 1. The van der Waals surface area contributed by atoms with Crippen LogP contribution >= 0.6 is 0 Å². The maximum Gasteiger partial charge on any atom is 0.418 e. The van der Waals surface area contributed by atoms with E-state index < -0.39 is 36.0 Å². The van der Waals surface area contributed by atoms with E-state index in [9.17, 15) is 27.5 Å². The summed E-state index contributed by atoms with van der Waals surface area (Å²) in [7, 11) is 0. The van der Waals surface area contributed by atoms with Crippen molar-refractivity contribution in [3.8, 4) is 5.75 Å². The molecule has 2 unspecified atom stereocenters. The highest BCUT2D eigenvalue weighted by Gasteiger charge is 2.57. The zero-order valence-electron chi connectivity index (χ0n) is 16.7. The van der Waals surface area contributed by atoms with E-state index >= 15 is 0 Å². The maximum atomic E-state index is 14.2. The largest absolute Gasteiger partial charge is 0.493 e. The molecule has 164 valence electrons. The maximum absolute atomic E-state index is 14.2. The van der Waals surface area contributed by atoms with E-state index in [-0.39, 0.29) is 23.8 Å². The lowest BCUT2D eigenvalue weighted by molar-refractivity contribution is -0.272. The lowest BCUT2D eigenvalue weighted by atomic mass is 9.70. The molecule has 31 heavy (non-hydrogen) atoms. The van der Waals surface area contributed by atoms with Gasteiger partial charge in [-0.2, -0.15) is 13.2 Å². The van der Waals surface area contributed by atoms with Crippen molar-refractivity contribution in [2.45, 2.75) is 43.5 Å². The number of aliphatic hydroxyl groups is 1. The number of pyridine rings is 1. The van der Waals surface area contributed by atoms with E-state index in [4.69, 9.17) is 4.74 Å². The van der Waals surface area contributed by atoms with E-state index in [1.54, 1.807) is 19.1 Å². The van der Waals surface area contributed by atoms with Crippen LogP contribution < -0.4 is 10.2 Å². The van der Waals surface area contributed by atoms with Gasteiger partial charge in [-0.25, -0.2) is 4.39 Å². The predicted molar refractivity (Wildman–Crippen MR) is 108 cm³/mol. The summed E-state index contributed by atoms with van der Waals surface area (Å²) in [4.78, 5) is 12.1. The van der Waals surface area contributed by atoms with Gasteiger partial charge in [0.05, 0.1) is 18.7 Å². The molecule has 1 N–H and O–H groups in total. The van der Waals surface area contributed by atoms with Gasteiger partial charge >= 0.3 is 6.18 Å². The molecule has 0 bridgehead atoms. The first-order chi connectivity index (χ1) is 14.5. The van der Waals surface area contributed by atoms with E-state index in [0.717, 1.165) is 0 Å². The molecule has 1 aromatic heterocycles. The van der Waals surface area contributed by atoms with Gasteiger partial charge in [-0.05, 0) is 43.2 Å². The highest BCUT2D eigenvalue weighted by molar-refractivity contribution is 5.78. The Morgan fingerprint density at radius 2 is 1.90 bits per heavy atom. The van der Waals surface area contributed by atoms with Crippen LogP contribution in [-0.2, 0) is 12.0 Å². The quantitative estimate of drug-likeness (QED) is 0.611. The van der Waals surface area contributed by atoms with Crippen LogP contribution in [0, 0.1) is 5.82 Å². The summed E-state index contributed by atoms with van der Waals surface area (Å²) in [5.41, 5.74) is -4.02. The summed E-state index contributed by atoms with van der Waals surface area (Å²) in [6.45, 7) is 0.927. The van der Waals surface area contributed by atoms with Crippen molar-refractivity contribution < 1.29 is 27.4 Å². The molecular formula is C23H21F4NO3. The zero-order chi connectivity index (χ0) is 22.4. The van der Waals surface area contributed by atoms with Gasteiger partial charge in [-0.1, -0.05) is 19.1 Å². The van der Waals surface area contributed by atoms with Crippen LogP contribution in [0.1, 0.15) is 25.3 Å². The summed E-state index contributed by atoms with van der Waals surface area (Å²) in [5, 5.41) is 11.2. The van der Waals surface area contributed by atoms with Crippen molar-refractivity contribution in [3.63, 3.8) is 0 Å². The van der Waals surface area contributed by atoms with Gasteiger partial charge in [-0.15, -0.1) is 0 Å². The minimum Gasteiger partial charge on any atom is -0.493 e. The molecule has 4 nitrogen and oxygen atoms in total. The summed E-state index contributed by atoms with van der Waals surface area (Å²) < 4.78 is 63.3. The smallest absolute Gasteiger partial charge is 0.418 e. The minimum absolute atomic E-state index is 0.157. The summed E-state index contributed by atoms with van der Waals surface area (Å²) in [6.07, 6.45) is -4.22. The molecule has 0 amide bonds. The molecular weight excluding hydrogens is 414 g/mol.